The lowest BCUT2D eigenvalue weighted by Gasteiger charge is -2.17. The van der Waals surface area contributed by atoms with E-state index in [0.29, 0.717) is 18.8 Å². The first kappa shape index (κ1) is 22.0. The Morgan fingerprint density at radius 1 is 1.03 bits per heavy atom. The number of esters is 1. The summed E-state index contributed by atoms with van der Waals surface area (Å²) in [4.78, 5) is 47.2. The molecule has 1 aliphatic rings. The van der Waals surface area contributed by atoms with Gasteiger partial charge in [0.1, 0.15) is 10.7 Å². The number of nitro benzene ring substituents is 2. The summed E-state index contributed by atoms with van der Waals surface area (Å²) in [6, 6.07) is 7.70. The number of carbonyl (C=O) groups excluding carboxylic acids is 2. The van der Waals surface area contributed by atoms with Crippen LogP contribution in [0.5, 0.6) is 0 Å². The Bertz CT molecular complexity index is 1050. The van der Waals surface area contributed by atoms with E-state index >= 15 is 0 Å². The molecule has 162 valence electrons. The molecule has 0 aliphatic carbocycles. The van der Waals surface area contributed by atoms with Gasteiger partial charge in [-0.3, -0.25) is 25.0 Å². The Hall–Kier alpha value is -3.73. The number of carbonyl (C=O) groups is 2. The number of hydrogen-bond donors (Lipinski definition) is 1. The zero-order valence-corrected chi connectivity index (χ0v) is 16.8. The first-order valence-corrected chi connectivity index (χ1v) is 9.58. The van der Waals surface area contributed by atoms with E-state index < -0.39 is 28.3 Å². The minimum Gasteiger partial charge on any atom is -0.452 e. The van der Waals surface area contributed by atoms with Gasteiger partial charge in [-0.05, 0) is 37.1 Å². The third-order valence-corrected chi connectivity index (χ3v) is 4.94. The molecular weight excluding hydrogens is 432 g/mol. The average Bonchev–Trinajstić information content (AvgIpc) is 3.27. The zero-order valence-electron chi connectivity index (χ0n) is 16.1. The number of nitro groups is 2. The van der Waals surface area contributed by atoms with Gasteiger partial charge in [-0.25, -0.2) is 4.79 Å². The van der Waals surface area contributed by atoms with E-state index in [2.05, 4.69) is 5.32 Å². The third kappa shape index (κ3) is 5.25. The van der Waals surface area contributed by atoms with Crippen molar-refractivity contribution in [3.05, 3.63) is 67.2 Å². The number of ether oxygens (including phenoxy) is 1. The highest BCUT2D eigenvalue weighted by Crippen LogP contribution is 2.32. The largest absolute Gasteiger partial charge is 0.452 e. The summed E-state index contributed by atoms with van der Waals surface area (Å²) in [5.74, 6) is -1.65. The van der Waals surface area contributed by atoms with Crippen molar-refractivity contribution in [1.82, 2.24) is 0 Å². The second-order valence-corrected chi connectivity index (χ2v) is 7.11. The van der Waals surface area contributed by atoms with Crippen molar-refractivity contribution in [1.29, 1.82) is 0 Å². The highest BCUT2D eigenvalue weighted by Gasteiger charge is 2.24. The molecule has 11 nitrogen and oxygen atoms in total. The summed E-state index contributed by atoms with van der Waals surface area (Å²) in [7, 11) is 0. The summed E-state index contributed by atoms with van der Waals surface area (Å²) in [6.45, 7) is 0.720. The molecule has 2 aromatic carbocycles. The molecule has 0 saturated carbocycles. The molecule has 1 N–H and O–H groups in total. The van der Waals surface area contributed by atoms with Crippen molar-refractivity contribution in [3.63, 3.8) is 0 Å². The number of halogens is 1. The SMILES string of the molecule is O=C(COC(=O)c1ccc(N2CCCC2)c([N+](=O)[O-])c1)Nc1ccc(Cl)c([N+](=O)[O-])c1. The maximum absolute atomic E-state index is 12.3. The van der Waals surface area contributed by atoms with Crippen LogP contribution < -0.4 is 10.2 Å². The van der Waals surface area contributed by atoms with Gasteiger partial charge in [0, 0.05) is 30.9 Å². The van der Waals surface area contributed by atoms with Gasteiger partial charge < -0.3 is 15.0 Å². The van der Waals surface area contributed by atoms with E-state index in [1.807, 2.05) is 4.90 Å². The molecule has 1 amide bonds. The molecule has 1 fully saturated rings. The fraction of sp³-hybridized carbons (Fsp3) is 0.263. The molecule has 1 heterocycles. The maximum atomic E-state index is 12.3. The standard InChI is InChI=1S/C19H17ClN4O7/c20-14-5-4-13(10-16(14)23(27)28)21-18(25)11-31-19(26)12-3-6-15(17(9-12)24(29)30)22-7-1-2-8-22/h3-6,9-10H,1-2,7-8,11H2,(H,21,25). The molecule has 1 aliphatic heterocycles. The van der Waals surface area contributed by atoms with E-state index in [9.17, 15) is 29.8 Å². The van der Waals surface area contributed by atoms with Crippen LogP contribution in [0.4, 0.5) is 22.7 Å². The Balaban J connectivity index is 1.64. The summed E-state index contributed by atoms with van der Waals surface area (Å²) in [6.07, 6.45) is 1.87. The lowest BCUT2D eigenvalue weighted by Crippen LogP contribution is -2.21. The van der Waals surface area contributed by atoms with Crippen LogP contribution in [0, 0.1) is 20.2 Å². The molecule has 0 atom stereocenters. The first-order chi connectivity index (χ1) is 14.8. The molecule has 1 saturated heterocycles. The van der Waals surface area contributed by atoms with Gasteiger partial charge in [-0.2, -0.15) is 0 Å². The Labute approximate surface area is 180 Å². The van der Waals surface area contributed by atoms with E-state index in [1.54, 1.807) is 0 Å². The summed E-state index contributed by atoms with van der Waals surface area (Å²) >= 11 is 5.71. The lowest BCUT2D eigenvalue weighted by molar-refractivity contribution is -0.384. The average molecular weight is 449 g/mol. The minimum absolute atomic E-state index is 0.0652. The van der Waals surface area contributed by atoms with Gasteiger partial charge in [0.25, 0.3) is 17.3 Å². The van der Waals surface area contributed by atoms with E-state index in [1.165, 1.54) is 24.3 Å². The van der Waals surface area contributed by atoms with Crippen LogP contribution in [0.2, 0.25) is 5.02 Å². The van der Waals surface area contributed by atoms with Gasteiger partial charge in [0.05, 0.1) is 15.4 Å². The van der Waals surface area contributed by atoms with Gasteiger partial charge in [-0.15, -0.1) is 0 Å². The number of benzene rings is 2. The quantitative estimate of drug-likeness (QED) is 0.384. The van der Waals surface area contributed by atoms with Crippen molar-refractivity contribution in [2.75, 3.05) is 29.9 Å². The molecule has 0 bridgehead atoms. The number of rotatable bonds is 7. The highest BCUT2D eigenvalue weighted by atomic mass is 35.5. The molecule has 0 unspecified atom stereocenters. The number of anilines is 2. The molecule has 3 rings (SSSR count). The second-order valence-electron chi connectivity index (χ2n) is 6.70. The molecule has 0 aromatic heterocycles. The minimum atomic E-state index is -0.909. The van der Waals surface area contributed by atoms with Crippen LogP contribution in [0.1, 0.15) is 23.2 Å². The molecule has 0 spiro atoms. The summed E-state index contributed by atoms with van der Waals surface area (Å²) in [5, 5.41) is 24.6. The van der Waals surface area contributed by atoms with Crippen molar-refractivity contribution < 1.29 is 24.2 Å². The fourth-order valence-electron chi connectivity index (χ4n) is 3.16. The highest BCUT2D eigenvalue weighted by molar-refractivity contribution is 6.32. The predicted octanol–water partition coefficient (Wildman–Crippen LogP) is 3.55. The summed E-state index contributed by atoms with van der Waals surface area (Å²) < 4.78 is 4.92. The van der Waals surface area contributed by atoms with E-state index in [-0.39, 0.29) is 27.6 Å². The van der Waals surface area contributed by atoms with Crippen LogP contribution >= 0.6 is 11.6 Å². The van der Waals surface area contributed by atoms with Gasteiger partial charge in [0.2, 0.25) is 0 Å². The van der Waals surface area contributed by atoms with Crippen molar-refractivity contribution in [2.45, 2.75) is 12.8 Å². The molecule has 12 heteroatoms. The van der Waals surface area contributed by atoms with Crippen molar-refractivity contribution in [2.24, 2.45) is 0 Å². The third-order valence-electron chi connectivity index (χ3n) is 4.62. The molecule has 0 radical (unpaired) electrons. The number of nitrogens with one attached hydrogen (secondary N) is 1. The van der Waals surface area contributed by atoms with Gasteiger partial charge >= 0.3 is 5.97 Å². The number of nitrogens with zero attached hydrogens (tertiary/aromatic N) is 3. The van der Waals surface area contributed by atoms with Crippen LogP contribution in [0.25, 0.3) is 0 Å². The van der Waals surface area contributed by atoms with Gasteiger partial charge in [0.15, 0.2) is 6.61 Å². The van der Waals surface area contributed by atoms with Crippen LogP contribution in [0.3, 0.4) is 0 Å². The Morgan fingerprint density at radius 2 is 1.71 bits per heavy atom. The van der Waals surface area contributed by atoms with E-state index in [4.69, 9.17) is 16.3 Å². The molecular formula is C19H17ClN4O7. The normalized spacial score (nSPS) is 13.0. The van der Waals surface area contributed by atoms with E-state index in [0.717, 1.165) is 25.0 Å². The topological polar surface area (TPSA) is 145 Å². The van der Waals surface area contributed by atoms with Crippen molar-refractivity contribution >= 4 is 46.2 Å². The smallest absolute Gasteiger partial charge is 0.338 e. The number of hydrogen-bond acceptors (Lipinski definition) is 8. The number of amides is 1. The van der Waals surface area contributed by atoms with Crippen molar-refractivity contribution in [3.8, 4) is 0 Å². The monoisotopic (exact) mass is 448 g/mol. The predicted molar refractivity (Wildman–Crippen MR) is 112 cm³/mol. The Kier molecular flexibility index (Phi) is 6.65. The molecule has 2 aromatic rings. The maximum Gasteiger partial charge on any atom is 0.338 e. The second kappa shape index (κ2) is 9.39. The fourth-order valence-corrected chi connectivity index (χ4v) is 3.35. The first-order valence-electron chi connectivity index (χ1n) is 9.20. The van der Waals surface area contributed by atoms with Crippen LogP contribution in [-0.4, -0.2) is 41.4 Å². The van der Waals surface area contributed by atoms with Crippen LogP contribution in [-0.2, 0) is 9.53 Å². The zero-order chi connectivity index (χ0) is 22.5. The summed E-state index contributed by atoms with van der Waals surface area (Å²) in [5.41, 5.74) is -0.135. The molecule has 31 heavy (non-hydrogen) atoms. The lowest BCUT2D eigenvalue weighted by atomic mass is 10.1. The van der Waals surface area contributed by atoms with Gasteiger partial charge in [-0.1, -0.05) is 11.6 Å². The Morgan fingerprint density at radius 3 is 2.35 bits per heavy atom. The van der Waals surface area contributed by atoms with Crippen LogP contribution in [0.15, 0.2) is 36.4 Å².